The minimum absolute atomic E-state index is 0.167. The molecule has 1 aliphatic carbocycles. The molecule has 1 saturated carbocycles. The van der Waals surface area contributed by atoms with Crippen molar-refractivity contribution >= 4 is 34.1 Å². The molecule has 0 saturated heterocycles. The summed E-state index contributed by atoms with van der Waals surface area (Å²) in [5, 5.41) is 0. The van der Waals surface area contributed by atoms with E-state index in [0.29, 0.717) is 0 Å². The average Bonchev–Trinajstić information content (AvgIpc) is 2.73. The van der Waals surface area contributed by atoms with Crippen molar-refractivity contribution in [3.8, 4) is 0 Å². The predicted octanol–water partition coefficient (Wildman–Crippen LogP) is 2.56. The Balaban J connectivity index is 2.30. The average molecular weight is 310 g/mol. The van der Waals surface area contributed by atoms with Gasteiger partial charge in [-0.1, -0.05) is 0 Å². The molecule has 3 nitrogen and oxygen atoms in total. The molecule has 5 heteroatoms. The summed E-state index contributed by atoms with van der Waals surface area (Å²) in [7, 11) is 1.76. The highest BCUT2D eigenvalue weighted by Gasteiger charge is 2.39. The van der Waals surface area contributed by atoms with Crippen LogP contribution >= 0.6 is 34.1 Å². The van der Waals surface area contributed by atoms with Crippen molar-refractivity contribution in [2.75, 3.05) is 7.11 Å². The molecule has 1 aliphatic rings. The number of ether oxygens (including phenoxy) is 1. The van der Waals surface area contributed by atoms with E-state index in [0.717, 1.165) is 21.7 Å². The molecule has 0 unspecified atom stereocenters. The third-order valence-electron chi connectivity index (χ3n) is 2.61. The summed E-state index contributed by atoms with van der Waals surface area (Å²) in [6.45, 7) is 0. The first kappa shape index (κ1) is 9.79. The minimum atomic E-state index is -0.167. The van der Waals surface area contributed by atoms with E-state index in [1.807, 2.05) is 0 Å². The predicted molar refractivity (Wildman–Crippen MR) is 59.8 cm³/mol. The van der Waals surface area contributed by atoms with Crippen LogP contribution in [0.1, 0.15) is 31.5 Å². The van der Waals surface area contributed by atoms with Crippen molar-refractivity contribution in [1.29, 1.82) is 0 Å². The molecule has 1 aromatic rings. The molecule has 2 rings (SSSR count). The topological polar surface area (TPSA) is 35.0 Å². The SMILES string of the molecule is COC1(c2nsc(I)n2)CCCC1. The standard InChI is InChI=1S/C8H11IN2OS/c1-12-8(4-2-3-5-8)6-10-7(9)13-11-6/h2-5H2,1H3. The Hall–Kier alpha value is 0.250. The number of rotatable bonds is 2. The number of hydrogen-bond acceptors (Lipinski definition) is 4. The van der Waals surface area contributed by atoms with Crippen molar-refractivity contribution in [3.63, 3.8) is 0 Å². The summed E-state index contributed by atoms with van der Waals surface area (Å²) in [4.78, 5) is 4.40. The van der Waals surface area contributed by atoms with E-state index < -0.39 is 0 Å². The van der Waals surface area contributed by atoms with Gasteiger partial charge >= 0.3 is 0 Å². The maximum absolute atomic E-state index is 5.58. The Morgan fingerprint density at radius 1 is 1.46 bits per heavy atom. The van der Waals surface area contributed by atoms with E-state index in [-0.39, 0.29) is 5.60 Å². The lowest BCUT2D eigenvalue weighted by molar-refractivity contribution is -0.0154. The van der Waals surface area contributed by atoms with Crippen LogP contribution in [-0.2, 0) is 10.3 Å². The summed E-state index contributed by atoms with van der Waals surface area (Å²) in [5.41, 5.74) is -0.167. The van der Waals surface area contributed by atoms with Crippen LogP contribution in [0, 0.1) is 3.01 Å². The van der Waals surface area contributed by atoms with Crippen LogP contribution < -0.4 is 0 Å². The molecule has 72 valence electrons. The van der Waals surface area contributed by atoms with Gasteiger partial charge in [-0.3, -0.25) is 0 Å². The second kappa shape index (κ2) is 3.78. The van der Waals surface area contributed by atoms with E-state index in [1.54, 1.807) is 7.11 Å². The molecule has 0 aliphatic heterocycles. The second-order valence-corrected chi connectivity index (χ2v) is 5.78. The van der Waals surface area contributed by atoms with Gasteiger partial charge in [0.2, 0.25) is 0 Å². The Morgan fingerprint density at radius 3 is 2.62 bits per heavy atom. The van der Waals surface area contributed by atoms with E-state index in [1.165, 1.54) is 24.4 Å². The van der Waals surface area contributed by atoms with Crippen LogP contribution in [0.5, 0.6) is 0 Å². The molecule has 0 N–H and O–H groups in total. The first-order valence-corrected chi connectivity index (χ1v) is 6.17. The van der Waals surface area contributed by atoms with E-state index in [2.05, 4.69) is 31.9 Å². The lowest BCUT2D eigenvalue weighted by atomic mass is 10.0. The van der Waals surface area contributed by atoms with Crippen LogP contribution in [0.25, 0.3) is 0 Å². The molecule has 0 atom stereocenters. The Kier molecular flexibility index (Phi) is 2.85. The van der Waals surface area contributed by atoms with Gasteiger partial charge in [0, 0.05) is 7.11 Å². The zero-order valence-electron chi connectivity index (χ0n) is 7.42. The Morgan fingerprint density at radius 2 is 2.15 bits per heavy atom. The molecule has 1 heterocycles. The summed E-state index contributed by atoms with van der Waals surface area (Å²) < 4.78 is 10.9. The fourth-order valence-electron chi connectivity index (χ4n) is 1.86. The Bertz CT molecular complexity index is 296. The van der Waals surface area contributed by atoms with Crippen molar-refractivity contribution in [1.82, 2.24) is 9.36 Å². The highest BCUT2D eigenvalue weighted by molar-refractivity contribution is 14.1. The van der Waals surface area contributed by atoms with Gasteiger partial charge in [-0.05, 0) is 59.8 Å². The van der Waals surface area contributed by atoms with E-state index in [4.69, 9.17) is 4.74 Å². The molecular formula is C8H11IN2OS. The summed E-state index contributed by atoms with van der Waals surface area (Å²) in [5.74, 6) is 0.891. The van der Waals surface area contributed by atoms with Gasteiger partial charge < -0.3 is 4.74 Å². The first-order chi connectivity index (χ1) is 6.27. The van der Waals surface area contributed by atoms with Crippen LogP contribution in [-0.4, -0.2) is 16.5 Å². The van der Waals surface area contributed by atoms with Gasteiger partial charge in [-0.2, -0.15) is 4.37 Å². The second-order valence-electron chi connectivity index (χ2n) is 3.28. The molecule has 0 aromatic carbocycles. The molecule has 0 bridgehead atoms. The van der Waals surface area contributed by atoms with Crippen LogP contribution in [0.2, 0.25) is 0 Å². The zero-order chi connectivity index (χ0) is 9.31. The maximum atomic E-state index is 5.58. The van der Waals surface area contributed by atoms with Gasteiger partial charge in [0.15, 0.2) is 8.84 Å². The fourth-order valence-corrected chi connectivity index (χ4v) is 2.88. The summed E-state index contributed by atoms with van der Waals surface area (Å²) >= 11 is 3.65. The molecule has 0 spiro atoms. The number of nitrogens with zero attached hydrogens (tertiary/aromatic N) is 2. The quantitative estimate of drug-likeness (QED) is 0.788. The van der Waals surface area contributed by atoms with Crippen LogP contribution in [0.4, 0.5) is 0 Å². The van der Waals surface area contributed by atoms with Crippen molar-refractivity contribution in [3.05, 3.63) is 8.84 Å². The maximum Gasteiger partial charge on any atom is 0.175 e. The van der Waals surface area contributed by atoms with Gasteiger partial charge in [-0.15, -0.1) is 0 Å². The first-order valence-electron chi connectivity index (χ1n) is 4.32. The monoisotopic (exact) mass is 310 g/mol. The molecular weight excluding hydrogens is 299 g/mol. The smallest absolute Gasteiger partial charge is 0.175 e. The van der Waals surface area contributed by atoms with E-state index >= 15 is 0 Å². The van der Waals surface area contributed by atoms with Crippen molar-refractivity contribution in [2.24, 2.45) is 0 Å². The van der Waals surface area contributed by atoms with Crippen LogP contribution in [0.3, 0.4) is 0 Å². The van der Waals surface area contributed by atoms with Gasteiger partial charge in [0.1, 0.15) is 5.60 Å². The molecule has 13 heavy (non-hydrogen) atoms. The zero-order valence-corrected chi connectivity index (χ0v) is 10.4. The van der Waals surface area contributed by atoms with Gasteiger partial charge in [0.25, 0.3) is 0 Å². The molecule has 1 fully saturated rings. The number of halogens is 1. The normalized spacial score (nSPS) is 20.8. The largest absolute Gasteiger partial charge is 0.370 e. The molecule has 1 aromatic heterocycles. The number of aromatic nitrogens is 2. The van der Waals surface area contributed by atoms with Gasteiger partial charge in [0.05, 0.1) is 0 Å². The molecule has 0 radical (unpaired) electrons. The Labute approximate surface area is 95.2 Å². The number of hydrogen-bond donors (Lipinski definition) is 0. The highest BCUT2D eigenvalue weighted by atomic mass is 127. The molecule has 0 amide bonds. The van der Waals surface area contributed by atoms with E-state index in [9.17, 15) is 0 Å². The number of methoxy groups -OCH3 is 1. The fraction of sp³-hybridized carbons (Fsp3) is 0.750. The van der Waals surface area contributed by atoms with Gasteiger partial charge in [-0.25, -0.2) is 4.98 Å². The summed E-state index contributed by atoms with van der Waals surface area (Å²) in [6.07, 6.45) is 4.58. The van der Waals surface area contributed by atoms with Crippen molar-refractivity contribution < 1.29 is 4.74 Å². The minimum Gasteiger partial charge on any atom is -0.370 e. The van der Waals surface area contributed by atoms with Crippen molar-refractivity contribution in [2.45, 2.75) is 31.3 Å². The lowest BCUT2D eigenvalue weighted by Crippen LogP contribution is -2.25. The van der Waals surface area contributed by atoms with Crippen LogP contribution in [0.15, 0.2) is 0 Å². The lowest BCUT2D eigenvalue weighted by Gasteiger charge is -2.23. The third-order valence-corrected chi connectivity index (χ3v) is 3.95. The highest BCUT2D eigenvalue weighted by Crippen LogP contribution is 2.40. The third kappa shape index (κ3) is 1.73. The summed E-state index contributed by atoms with van der Waals surface area (Å²) in [6, 6.07) is 0.